The first-order chi connectivity index (χ1) is 11.6. The maximum atomic E-state index is 9.52. The molecule has 6 heteroatoms. The fourth-order valence-corrected chi connectivity index (χ4v) is 2.94. The average Bonchev–Trinajstić information content (AvgIpc) is 3.08. The van der Waals surface area contributed by atoms with Crippen LogP contribution in [0.5, 0.6) is 0 Å². The van der Waals surface area contributed by atoms with Gasteiger partial charge >= 0.3 is 0 Å². The smallest absolute Gasteiger partial charge is 0.157 e. The predicted octanol–water partition coefficient (Wildman–Crippen LogP) is 3.45. The average molecular weight is 316 g/mol. The maximum absolute atomic E-state index is 9.52. The van der Waals surface area contributed by atoms with E-state index in [0.29, 0.717) is 11.2 Å². The van der Waals surface area contributed by atoms with Gasteiger partial charge in [0.15, 0.2) is 11.5 Å². The number of nitrogens with one attached hydrogen (secondary N) is 1. The van der Waals surface area contributed by atoms with Crippen molar-refractivity contribution in [2.75, 3.05) is 5.32 Å². The minimum Gasteiger partial charge on any atom is -0.325 e. The van der Waals surface area contributed by atoms with E-state index in [1.807, 2.05) is 66.4 Å². The maximum Gasteiger partial charge on any atom is 0.157 e. The Labute approximate surface area is 139 Å². The van der Waals surface area contributed by atoms with E-state index in [9.17, 15) is 5.26 Å². The number of pyridine rings is 1. The highest BCUT2D eigenvalue weighted by Gasteiger charge is 2.15. The van der Waals surface area contributed by atoms with Gasteiger partial charge in [-0.15, -0.1) is 0 Å². The van der Waals surface area contributed by atoms with Crippen LogP contribution in [0.1, 0.15) is 16.8 Å². The summed E-state index contributed by atoms with van der Waals surface area (Å²) in [4.78, 5) is 4.65. The Morgan fingerprint density at radius 1 is 1.17 bits per heavy atom. The molecule has 0 aliphatic rings. The van der Waals surface area contributed by atoms with Gasteiger partial charge in [0.2, 0.25) is 0 Å². The summed E-state index contributed by atoms with van der Waals surface area (Å²) in [6.07, 6.45) is 0. The van der Waals surface area contributed by atoms with Crippen LogP contribution in [-0.4, -0.2) is 19.2 Å². The third kappa shape index (κ3) is 2.02. The lowest BCUT2D eigenvalue weighted by Crippen LogP contribution is -2.02. The molecule has 4 aromatic rings. The summed E-state index contributed by atoms with van der Waals surface area (Å²) in [5.74, 6) is 1.60. The largest absolute Gasteiger partial charge is 0.325 e. The van der Waals surface area contributed by atoms with Crippen molar-refractivity contribution in [2.24, 2.45) is 7.05 Å². The summed E-state index contributed by atoms with van der Waals surface area (Å²) < 4.78 is 3.80. The standard InChI is InChI=1S/C18H16N6/c1-11-8-17(21-16-9-12(2)23(3)22-16)24-15-7-5-4-6-14(15)20-18(24)13(11)10-19/h4-9H,1-3H3,(H,21,22). The van der Waals surface area contributed by atoms with Crippen molar-refractivity contribution in [3.05, 3.63) is 53.2 Å². The van der Waals surface area contributed by atoms with Gasteiger partial charge in [0.05, 0.1) is 16.6 Å². The van der Waals surface area contributed by atoms with Gasteiger partial charge in [-0.1, -0.05) is 12.1 Å². The summed E-state index contributed by atoms with van der Waals surface area (Å²) >= 11 is 0. The molecule has 0 saturated heterocycles. The number of fused-ring (bicyclic) bond motifs is 3. The molecule has 4 rings (SSSR count). The first kappa shape index (κ1) is 14.3. The molecule has 0 aliphatic heterocycles. The molecule has 118 valence electrons. The molecule has 1 aromatic carbocycles. The zero-order valence-corrected chi connectivity index (χ0v) is 13.7. The van der Waals surface area contributed by atoms with E-state index in [4.69, 9.17) is 0 Å². The van der Waals surface area contributed by atoms with Gasteiger partial charge in [-0.3, -0.25) is 9.08 Å². The number of aromatic nitrogens is 4. The minimum absolute atomic E-state index is 0.592. The Hall–Kier alpha value is -3.33. The predicted molar refractivity (Wildman–Crippen MR) is 93.4 cm³/mol. The number of rotatable bonds is 2. The number of hydrogen-bond acceptors (Lipinski definition) is 4. The second kappa shape index (κ2) is 5.10. The zero-order valence-electron chi connectivity index (χ0n) is 13.7. The van der Waals surface area contributed by atoms with Crippen molar-refractivity contribution < 1.29 is 0 Å². The SMILES string of the molecule is Cc1cc(Nc2cc(C)n(C)n2)n2c(nc3ccccc32)c1C#N. The fourth-order valence-electron chi connectivity index (χ4n) is 2.94. The number of para-hydroxylation sites is 2. The molecule has 1 N–H and O–H groups in total. The van der Waals surface area contributed by atoms with Crippen LogP contribution in [0.3, 0.4) is 0 Å². The molecule has 0 bridgehead atoms. The van der Waals surface area contributed by atoms with E-state index in [0.717, 1.165) is 33.9 Å². The van der Waals surface area contributed by atoms with Crippen molar-refractivity contribution in [2.45, 2.75) is 13.8 Å². The van der Waals surface area contributed by atoms with E-state index in [1.165, 1.54) is 0 Å². The molecule has 0 unspecified atom stereocenters. The molecular formula is C18H16N6. The lowest BCUT2D eigenvalue weighted by molar-refractivity contribution is 0.743. The van der Waals surface area contributed by atoms with E-state index in [1.54, 1.807) is 0 Å². The molecule has 0 saturated carbocycles. The zero-order chi connectivity index (χ0) is 16.8. The Bertz CT molecular complexity index is 1110. The second-order valence-corrected chi connectivity index (χ2v) is 5.88. The van der Waals surface area contributed by atoms with Gasteiger partial charge in [0, 0.05) is 18.8 Å². The summed E-state index contributed by atoms with van der Waals surface area (Å²) in [5.41, 5.74) is 5.02. The van der Waals surface area contributed by atoms with Crippen molar-refractivity contribution >= 4 is 28.3 Å². The van der Waals surface area contributed by atoms with Crippen molar-refractivity contribution in [1.82, 2.24) is 19.2 Å². The molecule has 0 aliphatic carbocycles. The van der Waals surface area contributed by atoms with Gasteiger partial charge in [-0.25, -0.2) is 4.98 Å². The Balaban J connectivity index is 2.02. The highest BCUT2D eigenvalue weighted by molar-refractivity contribution is 5.85. The van der Waals surface area contributed by atoms with E-state index < -0.39 is 0 Å². The van der Waals surface area contributed by atoms with Crippen molar-refractivity contribution in [3.63, 3.8) is 0 Å². The number of aryl methyl sites for hydroxylation is 3. The van der Waals surface area contributed by atoms with Crippen LogP contribution in [-0.2, 0) is 7.05 Å². The van der Waals surface area contributed by atoms with Crippen LogP contribution < -0.4 is 5.32 Å². The molecule has 0 atom stereocenters. The number of hydrogen-bond donors (Lipinski definition) is 1. The van der Waals surface area contributed by atoms with Gasteiger partial charge in [0.1, 0.15) is 11.9 Å². The lowest BCUT2D eigenvalue weighted by Gasteiger charge is -2.10. The number of imidazole rings is 1. The number of nitrogens with zero attached hydrogens (tertiary/aromatic N) is 5. The number of benzene rings is 1. The van der Waals surface area contributed by atoms with Crippen LogP contribution in [0, 0.1) is 25.2 Å². The summed E-state index contributed by atoms with van der Waals surface area (Å²) in [6.45, 7) is 3.93. The van der Waals surface area contributed by atoms with E-state index >= 15 is 0 Å². The molecule has 0 radical (unpaired) electrons. The fraction of sp³-hybridized carbons (Fsp3) is 0.167. The van der Waals surface area contributed by atoms with Gasteiger partial charge in [0.25, 0.3) is 0 Å². The summed E-state index contributed by atoms with van der Waals surface area (Å²) in [6, 6.07) is 14.1. The molecule has 0 fully saturated rings. The van der Waals surface area contributed by atoms with Crippen molar-refractivity contribution in [3.8, 4) is 6.07 Å². The van der Waals surface area contributed by atoms with Gasteiger partial charge < -0.3 is 5.32 Å². The van der Waals surface area contributed by atoms with E-state index in [-0.39, 0.29) is 0 Å². The molecule has 0 amide bonds. The van der Waals surface area contributed by atoms with Crippen LogP contribution >= 0.6 is 0 Å². The molecule has 3 aromatic heterocycles. The van der Waals surface area contributed by atoms with Crippen LogP contribution in [0.15, 0.2) is 36.4 Å². The van der Waals surface area contributed by atoms with Crippen molar-refractivity contribution in [1.29, 1.82) is 5.26 Å². The highest BCUT2D eigenvalue weighted by atomic mass is 15.3. The third-order valence-corrected chi connectivity index (χ3v) is 4.25. The monoisotopic (exact) mass is 316 g/mol. The van der Waals surface area contributed by atoms with Crippen LogP contribution in [0.4, 0.5) is 11.6 Å². The minimum atomic E-state index is 0.592. The Kier molecular flexibility index (Phi) is 3.03. The summed E-state index contributed by atoms with van der Waals surface area (Å²) in [5, 5.41) is 17.3. The van der Waals surface area contributed by atoms with Crippen LogP contribution in [0.25, 0.3) is 16.7 Å². The summed E-state index contributed by atoms with van der Waals surface area (Å²) in [7, 11) is 1.91. The quantitative estimate of drug-likeness (QED) is 0.615. The molecular weight excluding hydrogens is 300 g/mol. The molecule has 24 heavy (non-hydrogen) atoms. The van der Waals surface area contributed by atoms with Gasteiger partial charge in [-0.2, -0.15) is 10.4 Å². The second-order valence-electron chi connectivity index (χ2n) is 5.88. The van der Waals surface area contributed by atoms with Crippen LogP contribution in [0.2, 0.25) is 0 Å². The highest BCUT2D eigenvalue weighted by Crippen LogP contribution is 2.28. The Morgan fingerprint density at radius 2 is 1.96 bits per heavy atom. The first-order valence-electron chi connectivity index (χ1n) is 7.67. The van der Waals surface area contributed by atoms with E-state index in [2.05, 4.69) is 21.5 Å². The van der Waals surface area contributed by atoms with Gasteiger partial charge in [-0.05, 0) is 37.6 Å². The number of nitriles is 1. The first-order valence-corrected chi connectivity index (χ1v) is 7.67. The normalized spacial score (nSPS) is 11.1. The topological polar surface area (TPSA) is 70.9 Å². The number of anilines is 2. The molecule has 6 nitrogen and oxygen atoms in total. The molecule has 0 spiro atoms. The Morgan fingerprint density at radius 3 is 2.67 bits per heavy atom. The molecule has 3 heterocycles. The lowest BCUT2D eigenvalue weighted by atomic mass is 10.1. The third-order valence-electron chi connectivity index (χ3n) is 4.25.